The van der Waals surface area contributed by atoms with Crippen molar-refractivity contribution >= 4 is 0 Å². The van der Waals surface area contributed by atoms with Crippen LogP contribution < -0.4 is 5.32 Å². The van der Waals surface area contributed by atoms with Gasteiger partial charge in [0.2, 0.25) is 5.89 Å². The predicted molar refractivity (Wildman–Crippen MR) is 71.5 cm³/mol. The summed E-state index contributed by atoms with van der Waals surface area (Å²) < 4.78 is 5.49. The number of hydrogen-bond acceptors (Lipinski definition) is 4. The van der Waals surface area contributed by atoms with E-state index in [1.54, 1.807) is 0 Å². The van der Waals surface area contributed by atoms with Crippen LogP contribution in [0.5, 0.6) is 0 Å². The lowest BCUT2D eigenvalue weighted by atomic mass is 9.95. The molecule has 1 heterocycles. The summed E-state index contributed by atoms with van der Waals surface area (Å²) in [6.45, 7) is 4.36. The topological polar surface area (TPSA) is 51.0 Å². The molecule has 0 bridgehead atoms. The summed E-state index contributed by atoms with van der Waals surface area (Å²) in [6, 6.07) is 0.486. The first-order chi connectivity index (χ1) is 8.70. The molecule has 1 aliphatic rings. The smallest absolute Gasteiger partial charge is 0.231 e. The third-order valence-electron chi connectivity index (χ3n) is 3.78. The number of likely N-dealkylation sites (N-methyl/N-ethyl adjacent to an activating group) is 1. The number of rotatable bonds is 4. The van der Waals surface area contributed by atoms with Gasteiger partial charge in [-0.2, -0.15) is 4.98 Å². The molecule has 1 N–H and O–H groups in total. The van der Waals surface area contributed by atoms with Crippen LogP contribution in [-0.2, 0) is 6.42 Å². The molecule has 1 aliphatic carbocycles. The normalized spacial score (nSPS) is 25.3. The molecular formula is C14H25N3O. The second-order valence-electron chi connectivity index (χ2n) is 5.79. The Morgan fingerprint density at radius 2 is 2.06 bits per heavy atom. The molecule has 102 valence electrons. The van der Waals surface area contributed by atoms with Gasteiger partial charge in [0.25, 0.3) is 0 Å². The molecule has 1 fully saturated rings. The third-order valence-corrected chi connectivity index (χ3v) is 3.78. The molecule has 2 unspecified atom stereocenters. The zero-order chi connectivity index (χ0) is 13.0. The summed E-state index contributed by atoms with van der Waals surface area (Å²) in [7, 11) is 2.04. The Morgan fingerprint density at radius 3 is 2.78 bits per heavy atom. The molecule has 0 aromatic carbocycles. The van der Waals surface area contributed by atoms with Crippen LogP contribution in [0.25, 0.3) is 0 Å². The van der Waals surface area contributed by atoms with Crippen molar-refractivity contribution in [2.75, 3.05) is 7.05 Å². The Labute approximate surface area is 110 Å². The fourth-order valence-corrected chi connectivity index (χ4v) is 2.81. The van der Waals surface area contributed by atoms with Crippen LogP contribution in [0, 0.1) is 5.92 Å². The van der Waals surface area contributed by atoms with Crippen LogP contribution >= 0.6 is 0 Å². The lowest BCUT2D eigenvalue weighted by Crippen LogP contribution is -2.31. The third kappa shape index (κ3) is 3.31. The minimum absolute atomic E-state index is 0.394. The quantitative estimate of drug-likeness (QED) is 0.836. The van der Waals surface area contributed by atoms with Crippen molar-refractivity contribution in [3.05, 3.63) is 11.7 Å². The van der Waals surface area contributed by atoms with E-state index in [2.05, 4.69) is 29.3 Å². The van der Waals surface area contributed by atoms with E-state index in [1.165, 1.54) is 25.7 Å². The highest BCUT2D eigenvalue weighted by Crippen LogP contribution is 2.31. The van der Waals surface area contributed by atoms with Gasteiger partial charge in [-0.05, 0) is 25.8 Å². The van der Waals surface area contributed by atoms with Crippen LogP contribution in [0.4, 0.5) is 0 Å². The van der Waals surface area contributed by atoms with E-state index in [4.69, 9.17) is 4.52 Å². The first-order valence-electron chi connectivity index (χ1n) is 7.20. The molecule has 0 saturated heterocycles. The average Bonchev–Trinajstić information content (AvgIpc) is 2.64. The molecule has 1 aromatic heterocycles. The van der Waals surface area contributed by atoms with E-state index in [-0.39, 0.29) is 0 Å². The first kappa shape index (κ1) is 13.5. The molecule has 2 atom stereocenters. The molecule has 0 amide bonds. The van der Waals surface area contributed by atoms with Gasteiger partial charge in [-0.15, -0.1) is 0 Å². The van der Waals surface area contributed by atoms with Crippen LogP contribution in [0.1, 0.15) is 63.6 Å². The van der Waals surface area contributed by atoms with Crippen LogP contribution in [0.3, 0.4) is 0 Å². The zero-order valence-corrected chi connectivity index (χ0v) is 11.8. The Bertz CT molecular complexity index is 362. The van der Waals surface area contributed by atoms with Crippen molar-refractivity contribution < 1.29 is 4.52 Å². The van der Waals surface area contributed by atoms with Gasteiger partial charge in [-0.1, -0.05) is 38.3 Å². The van der Waals surface area contributed by atoms with Crippen molar-refractivity contribution in [2.24, 2.45) is 5.92 Å². The van der Waals surface area contributed by atoms with Crippen LogP contribution in [0.15, 0.2) is 4.52 Å². The lowest BCUT2D eigenvalue weighted by Gasteiger charge is -2.20. The van der Waals surface area contributed by atoms with Gasteiger partial charge < -0.3 is 9.84 Å². The Balaban J connectivity index is 2.09. The standard InChI is InChI=1S/C14H25N3O/c1-10(2)9-13-16-14(18-17-13)11-7-5-4-6-8-12(11)15-3/h10-12,15H,4-9H2,1-3H3. The highest BCUT2D eigenvalue weighted by Gasteiger charge is 2.28. The second kappa shape index (κ2) is 6.32. The highest BCUT2D eigenvalue weighted by molar-refractivity contribution is 5.00. The van der Waals surface area contributed by atoms with Gasteiger partial charge in [0.05, 0.1) is 5.92 Å². The highest BCUT2D eigenvalue weighted by atomic mass is 16.5. The van der Waals surface area contributed by atoms with E-state index in [9.17, 15) is 0 Å². The molecule has 2 rings (SSSR count). The van der Waals surface area contributed by atoms with Crippen molar-refractivity contribution in [1.29, 1.82) is 0 Å². The van der Waals surface area contributed by atoms with E-state index in [1.807, 2.05) is 7.05 Å². The molecule has 18 heavy (non-hydrogen) atoms. The van der Waals surface area contributed by atoms with Crippen molar-refractivity contribution in [3.63, 3.8) is 0 Å². The van der Waals surface area contributed by atoms with E-state index >= 15 is 0 Å². The van der Waals surface area contributed by atoms with Gasteiger partial charge in [0.1, 0.15) is 0 Å². The number of nitrogens with one attached hydrogen (secondary N) is 1. The van der Waals surface area contributed by atoms with Crippen molar-refractivity contribution in [1.82, 2.24) is 15.5 Å². The fraction of sp³-hybridized carbons (Fsp3) is 0.857. The van der Waals surface area contributed by atoms with Crippen molar-refractivity contribution in [2.45, 2.75) is 64.3 Å². The second-order valence-corrected chi connectivity index (χ2v) is 5.79. The fourth-order valence-electron chi connectivity index (χ4n) is 2.81. The largest absolute Gasteiger partial charge is 0.339 e. The number of hydrogen-bond donors (Lipinski definition) is 1. The molecule has 0 aliphatic heterocycles. The number of nitrogens with zero attached hydrogens (tertiary/aromatic N) is 2. The maximum absolute atomic E-state index is 5.49. The molecule has 0 spiro atoms. The summed E-state index contributed by atoms with van der Waals surface area (Å²) in [5.41, 5.74) is 0. The summed E-state index contributed by atoms with van der Waals surface area (Å²) >= 11 is 0. The molecule has 4 nitrogen and oxygen atoms in total. The Hall–Kier alpha value is -0.900. The summed E-state index contributed by atoms with van der Waals surface area (Å²) in [6.07, 6.45) is 7.17. The number of aromatic nitrogens is 2. The minimum atomic E-state index is 0.394. The SMILES string of the molecule is CNC1CCCCCC1c1nc(CC(C)C)no1. The lowest BCUT2D eigenvalue weighted by molar-refractivity contribution is 0.308. The summed E-state index contributed by atoms with van der Waals surface area (Å²) in [5.74, 6) is 2.67. The molecular weight excluding hydrogens is 226 g/mol. The van der Waals surface area contributed by atoms with E-state index in [0.29, 0.717) is 17.9 Å². The monoisotopic (exact) mass is 251 g/mol. The van der Waals surface area contributed by atoms with Crippen molar-refractivity contribution in [3.8, 4) is 0 Å². The summed E-state index contributed by atoms with van der Waals surface area (Å²) in [5, 5.41) is 7.53. The van der Waals surface area contributed by atoms with Gasteiger partial charge in [-0.25, -0.2) is 0 Å². The first-order valence-corrected chi connectivity index (χ1v) is 7.20. The molecule has 1 aromatic rings. The van der Waals surface area contributed by atoms with Gasteiger partial charge in [0.15, 0.2) is 5.82 Å². The molecule has 0 radical (unpaired) electrons. The maximum atomic E-state index is 5.49. The Kier molecular flexibility index (Phi) is 4.75. The summed E-state index contributed by atoms with van der Waals surface area (Å²) in [4.78, 5) is 4.60. The van der Waals surface area contributed by atoms with E-state index < -0.39 is 0 Å². The molecule has 1 saturated carbocycles. The van der Waals surface area contributed by atoms with E-state index in [0.717, 1.165) is 24.6 Å². The van der Waals surface area contributed by atoms with Gasteiger partial charge in [-0.3, -0.25) is 0 Å². The Morgan fingerprint density at radius 1 is 1.28 bits per heavy atom. The maximum Gasteiger partial charge on any atom is 0.231 e. The zero-order valence-electron chi connectivity index (χ0n) is 11.8. The predicted octanol–water partition coefficient (Wildman–Crippen LogP) is 2.90. The average molecular weight is 251 g/mol. The van der Waals surface area contributed by atoms with Crippen LogP contribution in [-0.4, -0.2) is 23.2 Å². The van der Waals surface area contributed by atoms with Gasteiger partial charge >= 0.3 is 0 Å². The minimum Gasteiger partial charge on any atom is -0.339 e. The molecule has 4 heteroatoms. The van der Waals surface area contributed by atoms with Crippen LogP contribution in [0.2, 0.25) is 0 Å². The van der Waals surface area contributed by atoms with Gasteiger partial charge in [0, 0.05) is 12.5 Å².